The number of nitrogens with zero attached hydrogens (tertiary/aromatic N) is 1. The minimum atomic E-state index is 0.141. The first kappa shape index (κ1) is 12.2. The van der Waals surface area contributed by atoms with Crippen LogP contribution >= 0.6 is 0 Å². The molecular weight excluding hydrogens is 258 g/mol. The lowest BCUT2D eigenvalue weighted by molar-refractivity contribution is 0.512. The zero-order valence-corrected chi connectivity index (χ0v) is 11.8. The van der Waals surface area contributed by atoms with Gasteiger partial charge in [0.1, 0.15) is 5.52 Å². The Labute approximate surface area is 123 Å². The lowest BCUT2D eigenvalue weighted by Gasteiger charge is -2.09. The van der Waals surface area contributed by atoms with Crippen molar-refractivity contribution in [3.8, 4) is 0 Å². The van der Waals surface area contributed by atoms with Gasteiger partial charge < -0.3 is 4.42 Å². The molecular formula is C19H15NO. The third-order valence-electron chi connectivity index (χ3n) is 3.95. The van der Waals surface area contributed by atoms with Crippen molar-refractivity contribution in [2.24, 2.45) is 0 Å². The van der Waals surface area contributed by atoms with E-state index in [0.29, 0.717) is 0 Å². The molecule has 0 spiro atoms. The lowest BCUT2D eigenvalue weighted by Crippen LogP contribution is -1.96. The van der Waals surface area contributed by atoms with Crippen molar-refractivity contribution in [2.45, 2.75) is 12.8 Å². The van der Waals surface area contributed by atoms with E-state index in [4.69, 9.17) is 4.42 Å². The molecule has 0 fully saturated rings. The maximum absolute atomic E-state index is 5.89. The van der Waals surface area contributed by atoms with Crippen LogP contribution in [-0.4, -0.2) is 4.98 Å². The van der Waals surface area contributed by atoms with Crippen molar-refractivity contribution in [2.75, 3.05) is 0 Å². The highest BCUT2D eigenvalue weighted by atomic mass is 16.3. The summed E-state index contributed by atoms with van der Waals surface area (Å²) in [6.45, 7) is 2.13. The molecule has 0 bridgehead atoms. The summed E-state index contributed by atoms with van der Waals surface area (Å²) in [5, 5.41) is 2.50. The fourth-order valence-electron chi connectivity index (χ4n) is 2.69. The Morgan fingerprint density at radius 2 is 1.62 bits per heavy atom. The van der Waals surface area contributed by atoms with Crippen molar-refractivity contribution >= 4 is 21.9 Å². The Morgan fingerprint density at radius 3 is 2.48 bits per heavy atom. The summed E-state index contributed by atoms with van der Waals surface area (Å²) in [6, 6.07) is 22.8. The summed E-state index contributed by atoms with van der Waals surface area (Å²) < 4.78 is 5.89. The highest BCUT2D eigenvalue weighted by Crippen LogP contribution is 2.28. The van der Waals surface area contributed by atoms with Gasteiger partial charge in [0, 0.05) is 0 Å². The second-order valence-electron chi connectivity index (χ2n) is 5.35. The molecule has 4 aromatic rings. The second kappa shape index (κ2) is 4.74. The number of fused-ring (bicyclic) bond motifs is 2. The quantitative estimate of drug-likeness (QED) is 0.506. The van der Waals surface area contributed by atoms with Crippen molar-refractivity contribution in [3.05, 3.63) is 78.2 Å². The van der Waals surface area contributed by atoms with E-state index < -0.39 is 0 Å². The van der Waals surface area contributed by atoms with Gasteiger partial charge in [0.15, 0.2) is 5.58 Å². The van der Waals surface area contributed by atoms with Gasteiger partial charge in [-0.3, -0.25) is 0 Å². The predicted molar refractivity (Wildman–Crippen MR) is 85.5 cm³/mol. The van der Waals surface area contributed by atoms with Crippen LogP contribution in [0.4, 0.5) is 0 Å². The number of oxazole rings is 1. The van der Waals surface area contributed by atoms with Gasteiger partial charge in [0.2, 0.25) is 5.89 Å². The van der Waals surface area contributed by atoms with Crippen LogP contribution in [0.2, 0.25) is 0 Å². The summed E-state index contributed by atoms with van der Waals surface area (Å²) >= 11 is 0. The van der Waals surface area contributed by atoms with E-state index in [0.717, 1.165) is 17.0 Å². The zero-order valence-electron chi connectivity index (χ0n) is 11.8. The van der Waals surface area contributed by atoms with Crippen molar-refractivity contribution in [1.29, 1.82) is 0 Å². The van der Waals surface area contributed by atoms with E-state index in [1.165, 1.54) is 16.3 Å². The number of hydrogen-bond donors (Lipinski definition) is 0. The standard InChI is InChI=1S/C19H15NO/c1-13(19-20-17-8-4-5-9-18(17)21-19)15-11-10-14-6-2-3-7-16(14)12-15/h2-13H,1H3. The first-order valence-corrected chi connectivity index (χ1v) is 7.15. The molecule has 0 saturated carbocycles. The molecule has 0 saturated heterocycles. The van der Waals surface area contributed by atoms with Crippen LogP contribution in [0.25, 0.3) is 21.9 Å². The molecule has 0 radical (unpaired) electrons. The molecule has 21 heavy (non-hydrogen) atoms. The van der Waals surface area contributed by atoms with Gasteiger partial charge in [0.25, 0.3) is 0 Å². The maximum atomic E-state index is 5.89. The minimum absolute atomic E-state index is 0.141. The first-order chi connectivity index (χ1) is 10.3. The zero-order chi connectivity index (χ0) is 14.2. The minimum Gasteiger partial charge on any atom is -0.440 e. The summed E-state index contributed by atoms with van der Waals surface area (Å²) in [7, 11) is 0. The van der Waals surface area contributed by atoms with Gasteiger partial charge in [-0.25, -0.2) is 4.98 Å². The normalized spacial score (nSPS) is 12.8. The maximum Gasteiger partial charge on any atom is 0.202 e. The van der Waals surface area contributed by atoms with E-state index in [9.17, 15) is 0 Å². The molecule has 0 aliphatic carbocycles. The van der Waals surface area contributed by atoms with Crippen molar-refractivity contribution in [3.63, 3.8) is 0 Å². The Morgan fingerprint density at radius 1 is 0.857 bits per heavy atom. The van der Waals surface area contributed by atoms with Crippen LogP contribution in [0.5, 0.6) is 0 Å². The molecule has 4 rings (SSSR count). The molecule has 1 aromatic heterocycles. The van der Waals surface area contributed by atoms with Gasteiger partial charge in [0.05, 0.1) is 5.92 Å². The van der Waals surface area contributed by atoms with Gasteiger partial charge in [-0.2, -0.15) is 0 Å². The fourth-order valence-corrected chi connectivity index (χ4v) is 2.69. The third kappa shape index (κ3) is 2.09. The Bertz CT molecular complexity index is 890. The van der Waals surface area contributed by atoms with Crippen molar-refractivity contribution in [1.82, 2.24) is 4.98 Å². The molecule has 3 aromatic carbocycles. The average molecular weight is 273 g/mol. The molecule has 0 aliphatic heterocycles. The number of rotatable bonds is 2. The van der Waals surface area contributed by atoms with Gasteiger partial charge in [-0.05, 0) is 35.4 Å². The summed E-state index contributed by atoms with van der Waals surface area (Å²) in [6.07, 6.45) is 0. The summed E-state index contributed by atoms with van der Waals surface area (Å²) in [5.74, 6) is 0.911. The van der Waals surface area contributed by atoms with Crippen molar-refractivity contribution < 1.29 is 4.42 Å². The first-order valence-electron chi connectivity index (χ1n) is 7.15. The Balaban J connectivity index is 1.79. The largest absolute Gasteiger partial charge is 0.440 e. The van der Waals surface area contributed by atoms with E-state index in [1.54, 1.807) is 0 Å². The number of benzene rings is 3. The van der Waals surface area contributed by atoms with Gasteiger partial charge >= 0.3 is 0 Å². The smallest absolute Gasteiger partial charge is 0.202 e. The van der Waals surface area contributed by atoms with Gasteiger partial charge in [-0.1, -0.05) is 54.6 Å². The van der Waals surface area contributed by atoms with Gasteiger partial charge in [-0.15, -0.1) is 0 Å². The van der Waals surface area contributed by atoms with Crippen LogP contribution < -0.4 is 0 Å². The molecule has 1 heterocycles. The molecule has 0 N–H and O–H groups in total. The van der Waals surface area contributed by atoms with Crippen LogP contribution in [0.15, 0.2) is 71.1 Å². The molecule has 102 valence electrons. The van der Waals surface area contributed by atoms with Crippen LogP contribution in [0, 0.1) is 0 Å². The third-order valence-corrected chi connectivity index (χ3v) is 3.95. The van der Waals surface area contributed by atoms with Crippen LogP contribution in [-0.2, 0) is 0 Å². The number of hydrogen-bond acceptors (Lipinski definition) is 2. The van der Waals surface area contributed by atoms with E-state index in [1.807, 2.05) is 24.3 Å². The molecule has 1 unspecified atom stereocenters. The lowest BCUT2D eigenvalue weighted by atomic mass is 9.98. The topological polar surface area (TPSA) is 26.0 Å². The molecule has 1 atom stereocenters. The predicted octanol–water partition coefficient (Wildman–Crippen LogP) is 5.13. The Hall–Kier alpha value is -2.61. The SMILES string of the molecule is CC(c1ccc2ccccc2c1)c1nc2ccccc2o1. The van der Waals surface area contributed by atoms with E-state index >= 15 is 0 Å². The molecule has 0 aliphatic rings. The van der Waals surface area contributed by atoms with Crippen LogP contribution in [0.1, 0.15) is 24.3 Å². The monoisotopic (exact) mass is 273 g/mol. The molecule has 2 heteroatoms. The highest BCUT2D eigenvalue weighted by molar-refractivity contribution is 5.83. The average Bonchev–Trinajstić information content (AvgIpc) is 2.97. The highest BCUT2D eigenvalue weighted by Gasteiger charge is 2.15. The Kier molecular flexibility index (Phi) is 2.74. The summed E-state index contributed by atoms with van der Waals surface area (Å²) in [5.41, 5.74) is 2.99. The fraction of sp³-hybridized carbons (Fsp3) is 0.105. The van der Waals surface area contributed by atoms with E-state index in [-0.39, 0.29) is 5.92 Å². The summed E-state index contributed by atoms with van der Waals surface area (Å²) in [4.78, 5) is 4.60. The molecule has 2 nitrogen and oxygen atoms in total. The van der Waals surface area contributed by atoms with Crippen LogP contribution in [0.3, 0.4) is 0 Å². The molecule has 0 amide bonds. The second-order valence-corrected chi connectivity index (χ2v) is 5.35. The number of para-hydroxylation sites is 2. The van der Waals surface area contributed by atoms with E-state index in [2.05, 4.69) is 54.4 Å². The number of aromatic nitrogens is 1.